The van der Waals surface area contributed by atoms with E-state index in [1.165, 1.54) is 10.3 Å². The van der Waals surface area contributed by atoms with E-state index in [-0.39, 0.29) is 6.10 Å². The Morgan fingerprint density at radius 3 is 3.15 bits per heavy atom. The smallest absolute Gasteiger partial charge is 0.0812 e. The molecule has 1 aromatic heterocycles. The molecule has 0 amide bonds. The molecule has 1 heterocycles. The monoisotopic (exact) mass is 193 g/mol. The molecular formula is C10H11NOS. The minimum absolute atomic E-state index is 0.273. The molecule has 0 saturated heterocycles. The lowest BCUT2D eigenvalue weighted by molar-refractivity contribution is 0.195. The second kappa shape index (κ2) is 3.44. The van der Waals surface area contributed by atoms with Gasteiger partial charge in [-0.1, -0.05) is 6.07 Å². The van der Waals surface area contributed by atoms with E-state index >= 15 is 0 Å². The van der Waals surface area contributed by atoms with E-state index in [4.69, 9.17) is 0 Å². The lowest BCUT2D eigenvalue weighted by Crippen LogP contribution is -2.03. The van der Waals surface area contributed by atoms with Crippen molar-refractivity contribution in [1.82, 2.24) is 4.98 Å². The van der Waals surface area contributed by atoms with E-state index < -0.39 is 0 Å². The van der Waals surface area contributed by atoms with Crippen LogP contribution in [0.5, 0.6) is 0 Å². The van der Waals surface area contributed by atoms with Gasteiger partial charge in [-0.15, -0.1) is 11.3 Å². The van der Waals surface area contributed by atoms with Crippen LogP contribution in [-0.4, -0.2) is 16.2 Å². The van der Waals surface area contributed by atoms with Crippen LogP contribution in [0.4, 0.5) is 0 Å². The quantitative estimate of drug-likeness (QED) is 0.793. The second-order valence-electron chi connectivity index (χ2n) is 3.21. The molecule has 3 heteroatoms. The van der Waals surface area contributed by atoms with Gasteiger partial charge in [-0.3, -0.25) is 0 Å². The van der Waals surface area contributed by atoms with Gasteiger partial charge in [-0.05, 0) is 31.0 Å². The van der Waals surface area contributed by atoms with Gasteiger partial charge < -0.3 is 5.11 Å². The number of benzene rings is 1. The number of thiazole rings is 1. The zero-order valence-corrected chi connectivity index (χ0v) is 8.21. The van der Waals surface area contributed by atoms with E-state index in [9.17, 15) is 5.11 Å². The summed E-state index contributed by atoms with van der Waals surface area (Å²) in [5.74, 6) is 0. The molecule has 1 atom stereocenters. The van der Waals surface area contributed by atoms with Crippen LogP contribution in [0.1, 0.15) is 12.5 Å². The van der Waals surface area contributed by atoms with Crippen molar-refractivity contribution in [2.75, 3.05) is 0 Å². The normalized spacial score (nSPS) is 13.4. The van der Waals surface area contributed by atoms with Gasteiger partial charge in [0.05, 0.1) is 21.8 Å². The number of rotatable bonds is 2. The van der Waals surface area contributed by atoms with Crippen LogP contribution in [0.2, 0.25) is 0 Å². The standard InChI is InChI=1S/C10H11NOS/c1-7(12)4-8-2-3-9-10(5-8)13-6-11-9/h2-3,5-7,12H,4H2,1H3. The summed E-state index contributed by atoms with van der Waals surface area (Å²) in [4.78, 5) is 4.19. The summed E-state index contributed by atoms with van der Waals surface area (Å²) in [6.07, 6.45) is 0.443. The number of hydrogen-bond donors (Lipinski definition) is 1. The first kappa shape index (κ1) is 8.66. The summed E-state index contributed by atoms with van der Waals surface area (Å²) in [5, 5.41) is 9.22. The Morgan fingerprint density at radius 1 is 1.54 bits per heavy atom. The zero-order chi connectivity index (χ0) is 9.26. The fraction of sp³-hybridized carbons (Fsp3) is 0.300. The highest BCUT2D eigenvalue weighted by Crippen LogP contribution is 2.19. The molecule has 0 radical (unpaired) electrons. The van der Waals surface area contributed by atoms with Gasteiger partial charge in [0, 0.05) is 0 Å². The summed E-state index contributed by atoms with van der Waals surface area (Å²) in [7, 11) is 0. The van der Waals surface area contributed by atoms with Crippen molar-refractivity contribution in [3.63, 3.8) is 0 Å². The first-order valence-corrected chi connectivity index (χ1v) is 5.14. The highest BCUT2D eigenvalue weighted by Gasteiger charge is 2.01. The van der Waals surface area contributed by atoms with Crippen molar-refractivity contribution in [3.8, 4) is 0 Å². The van der Waals surface area contributed by atoms with Crippen LogP contribution in [0.25, 0.3) is 10.2 Å². The molecule has 2 aromatic rings. The molecule has 68 valence electrons. The molecule has 0 bridgehead atoms. The maximum atomic E-state index is 9.22. The number of nitrogens with zero attached hydrogens (tertiary/aromatic N) is 1. The van der Waals surface area contributed by atoms with Crippen LogP contribution in [0, 0.1) is 0 Å². The van der Waals surface area contributed by atoms with E-state index in [0.29, 0.717) is 6.42 Å². The third-order valence-corrected chi connectivity index (χ3v) is 2.72. The Bertz CT molecular complexity index is 408. The number of aliphatic hydroxyl groups excluding tert-OH is 1. The summed E-state index contributed by atoms with van der Waals surface area (Å²) in [5.41, 5.74) is 4.06. The fourth-order valence-corrected chi connectivity index (χ4v) is 2.11. The van der Waals surface area contributed by atoms with Crippen LogP contribution < -0.4 is 0 Å². The summed E-state index contributed by atoms with van der Waals surface area (Å²) in [6, 6.07) is 6.12. The highest BCUT2D eigenvalue weighted by atomic mass is 32.1. The lowest BCUT2D eigenvalue weighted by Gasteiger charge is -2.03. The fourth-order valence-electron chi connectivity index (χ4n) is 1.37. The Kier molecular flexibility index (Phi) is 2.29. The number of aliphatic hydroxyl groups is 1. The molecule has 0 aliphatic carbocycles. The Balaban J connectivity index is 2.37. The molecule has 13 heavy (non-hydrogen) atoms. The Labute approximate surface area is 80.9 Å². The Morgan fingerprint density at radius 2 is 2.38 bits per heavy atom. The van der Waals surface area contributed by atoms with E-state index in [2.05, 4.69) is 11.1 Å². The molecular weight excluding hydrogens is 182 g/mol. The minimum atomic E-state index is -0.273. The van der Waals surface area contributed by atoms with Gasteiger partial charge in [0.25, 0.3) is 0 Å². The van der Waals surface area contributed by atoms with Crippen molar-refractivity contribution >= 4 is 21.6 Å². The van der Waals surface area contributed by atoms with Crippen molar-refractivity contribution in [2.24, 2.45) is 0 Å². The van der Waals surface area contributed by atoms with Crippen molar-refractivity contribution in [3.05, 3.63) is 29.3 Å². The molecule has 0 saturated carbocycles. The summed E-state index contributed by atoms with van der Waals surface area (Å²) in [6.45, 7) is 1.80. The third-order valence-electron chi connectivity index (χ3n) is 1.93. The lowest BCUT2D eigenvalue weighted by atomic mass is 10.1. The van der Waals surface area contributed by atoms with Crippen molar-refractivity contribution in [1.29, 1.82) is 0 Å². The second-order valence-corrected chi connectivity index (χ2v) is 4.09. The molecule has 2 nitrogen and oxygen atoms in total. The van der Waals surface area contributed by atoms with Gasteiger partial charge in [0.15, 0.2) is 0 Å². The van der Waals surface area contributed by atoms with Crippen LogP contribution in [0.15, 0.2) is 23.7 Å². The summed E-state index contributed by atoms with van der Waals surface area (Å²) >= 11 is 1.64. The van der Waals surface area contributed by atoms with E-state index in [0.717, 1.165) is 5.52 Å². The Hall–Kier alpha value is -0.930. The number of fused-ring (bicyclic) bond motifs is 1. The summed E-state index contributed by atoms with van der Waals surface area (Å²) < 4.78 is 1.19. The first-order chi connectivity index (χ1) is 6.25. The molecule has 2 rings (SSSR count). The molecule has 0 aliphatic rings. The highest BCUT2D eigenvalue weighted by molar-refractivity contribution is 7.16. The molecule has 0 aliphatic heterocycles. The van der Waals surface area contributed by atoms with Crippen LogP contribution in [-0.2, 0) is 6.42 Å². The topological polar surface area (TPSA) is 33.1 Å². The SMILES string of the molecule is CC(O)Cc1ccc2ncsc2c1. The molecule has 0 fully saturated rings. The average Bonchev–Trinajstić information content (AvgIpc) is 2.49. The average molecular weight is 193 g/mol. The van der Waals surface area contributed by atoms with Gasteiger partial charge in [0.2, 0.25) is 0 Å². The molecule has 1 unspecified atom stereocenters. The van der Waals surface area contributed by atoms with Gasteiger partial charge >= 0.3 is 0 Å². The predicted molar refractivity (Wildman–Crippen MR) is 55.0 cm³/mol. The minimum Gasteiger partial charge on any atom is -0.393 e. The number of hydrogen-bond acceptors (Lipinski definition) is 3. The number of aromatic nitrogens is 1. The van der Waals surface area contributed by atoms with Gasteiger partial charge in [-0.2, -0.15) is 0 Å². The first-order valence-electron chi connectivity index (χ1n) is 4.26. The zero-order valence-electron chi connectivity index (χ0n) is 7.40. The molecule has 1 aromatic carbocycles. The van der Waals surface area contributed by atoms with Gasteiger partial charge in [-0.25, -0.2) is 4.98 Å². The predicted octanol–water partition coefficient (Wildman–Crippen LogP) is 2.22. The molecule has 0 spiro atoms. The van der Waals surface area contributed by atoms with Crippen LogP contribution >= 0.6 is 11.3 Å². The molecule has 1 N–H and O–H groups in total. The van der Waals surface area contributed by atoms with Crippen molar-refractivity contribution < 1.29 is 5.11 Å². The third kappa shape index (κ3) is 1.87. The van der Waals surface area contributed by atoms with E-state index in [1.54, 1.807) is 18.3 Å². The van der Waals surface area contributed by atoms with Crippen LogP contribution in [0.3, 0.4) is 0 Å². The van der Waals surface area contributed by atoms with Crippen molar-refractivity contribution in [2.45, 2.75) is 19.4 Å². The maximum Gasteiger partial charge on any atom is 0.0812 e. The van der Waals surface area contributed by atoms with E-state index in [1.807, 2.05) is 17.6 Å². The van der Waals surface area contributed by atoms with Gasteiger partial charge in [0.1, 0.15) is 0 Å². The maximum absolute atomic E-state index is 9.22. The largest absolute Gasteiger partial charge is 0.393 e.